The number of rotatable bonds is 2. The average molecular weight is 399 g/mol. The number of hydrogen-bond donors (Lipinski definition) is 3. The molecule has 5 heteroatoms. The topological polar surface area (TPSA) is 88.5 Å². The minimum Gasteiger partial charge on any atom is -0.508 e. The van der Waals surface area contributed by atoms with Crippen LogP contribution in [-0.2, 0) is 18.3 Å². The molecule has 2 aromatic carbocycles. The van der Waals surface area contributed by atoms with Crippen LogP contribution in [0.5, 0.6) is 11.5 Å². The van der Waals surface area contributed by atoms with Gasteiger partial charge in [-0.05, 0) is 56.2 Å². The van der Waals surface area contributed by atoms with Crippen LogP contribution in [0.25, 0.3) is 11.1 Å². The Bertz CT molecular complexity index is 832. The first-order valence-corrected chi connectivity index (χ1v) is 9.69. The fourth-order valence-electron chi connectivity index (χ4n) is 2.68. The SMILES string of the molecule is CC.CCc1c(-c2cccc(O)c2)cc(C)n1C.Cc1ccc(O)cc1.NC=O. The van der Waals surface area contributed by atoms with Gasteiger partial charge in [0.2, 0.25) is 6.41 Å². The molecule has 0 aliphatic rings. The Kier molecular flexibility index (Phi) is 12.3. The summed E-state index contributed by atoms with van der Waals surface area (Å²) in [7, 11) is 2.08. The van der Waals surface area contributed by atoms with Crippen LogP contribution in [0, 0.1) is 13.8 Å². The van der Waals surface area contributed by atoms with Gasteiger partial charge < -0.3 is 20.5 Å². The molecule has 1 amide bonds. The van der Waals surface area contributed by atoms with Gasteiger partial charge in [0.05, 0.1) is 0 Å². The third-order valence-electron chi connectivity index (χ3n) is 4.12. The number of benzene rings is 2. The average Bonchev–Trinajstić information content (AvgIpc) is 3.01. The van der Waals surface area contributed by atoms with Gasteiger partial charge in [0.15, 0.2) is 0 Å². The molecule has 3 rings (SSSR count). The van der Waals surface area contributed by atoms with E-state index in [0.29, 0.717) is 11.5 Å². The molecule has 0 spiro atoms. The summed E-state index contributed by atoms with van der Waals surface area (Å²) in [6, 6.07) is 16.7. The highest BCUT2D eigenvalue weighted by atomic mass is 16.3. The number of nitrogens with two attached hydrogens (primary N) is 1. The molecule has 158 valence electrons. The molecular formula is C24H34N2O3. The van der Waals surface area contributed by atoms with Gasteiger partial charge in [0.25, 0.3) is 0 Å². The van der Waals surface area contributed by atoms with E-state index in [1.54, 1.807) is 18.2 Å². The van der Waals surface area contributed by atoms with E-state index < -0.39 is 0 Å². The lowest BCUT2D eigenvalue weighted by Gasteiger charge is -2.06. The summed E-state index contributed by atoms with van der Waals surface area (Å²) >= 11 is 0. The summed E-state index contributed by atoms with van der Waals surface area (Å²) in [6.07, 6.45) is 1.25. The van der Waals surface area contributed by atoms with Crippen molar-refractivity contribution in [2.75, 3.05) is 0 Å². The number of phenols is 2. The van der Waals surface area contributed by atoms with Crippen LogP contribution in [0.15, 0.2) is 54.6 Å². The van der Waals surface area contributed by atoms with Crippen molar-refractivity contribution in [3.63, 3.8) is 0 Å². The fraction of sp³-hybridized carbons (Fsp3) is 0.292. The summed E-state index contributed by atoms with van der Waals surface area (Å²) in [5, 5.41) is 18.3. The summed E-state index contributed by atoms with van der Waals surface area (Å²) in [6.45, 7) is 10.2. The lowest BCUT2D eigenvalue weighted by atomic mass is 10.0. The van der Waals surface area contributed by atoms with E-state index in [1.807, 2.05) is 51.1 Å². The van der Waals surface area contributed by atoms with Gasteiger partial charge in [-0.15, -0.1) is 0 Å². The van der Waals surface area contributed by atoms with Gasteiger partial charge in [-0.1, -0.05) is 50.6 Å². The number of carbonyl (C=O) groups is 1. The van der Waals surface area contributed by atoms with Gasteiger partial charge >= 0.3 is 0 Å². The van der Waals surface area contributed by atoms with Crippen LogP contribution >= 0.6 is 0 Å². The quantitative estimate of drug-likeness (QED) is 0.525. The Balaban J connectivity index is 0.000000505. The van der Waals surface area contributed by atoms with Gasteiger partial charge in [-0.25, -0.2) is 0 Å². The van der Waals surface area contributed by atoms with Gasteiger partial charge in [-0.3, -0.25) is 4.79 Å². The van der Waals surface area contributed by atoms with E-state index in [1.165, 1.54) is 22.5 Å². The zero-order valence-electron chi connectivity index (χ0n) is 18.3. The number of nitrogens with zero attached hydrogens (tertiary/aromatic N) is 1. The van der Waals surface area contributed by atoms with Crippen LogP contribution in [0.3, 0.4) is 0 Å². The van der Waals surface area contributed by atoms with Gasteiger partial charge in [-0.2, -0.15) is 0 Å². The van der Waals surface area contributed by atoms with E-state index in [9.17, 15) is 5.11 Å². The molecule has 4 N–H and O–H groups in total. The summed E-state index contributed by atoms with van der Waals surface area (Å²) in [4.78, 5) is 8.58. The highest BCUT2D eigenvalue weighted by molar-refractivity contribution is 5.68. The number of aryl methyl sites for hydroxylation is 2. The predicted octanol–water partition coefficient (Wildman–Crippen LogP) is 5.10. The first kappa shape index (κ1) is 25.8. The molecule has 5 nitrogen and oxygen atoms in total. The fourth-order valence-corrected chi connectivity index (χ4v) is 2.68. The number of carbonyl (C=O) groups excluding carboxylic acids is 1. The Labute approximate surface area is 174 Å². The molecule has 0 bridgehead atoms. The molecule has 0 saturated carbocycles. The molecule has 3 aromatic rings. The van der Waals surface area contributed by atoms with Crippen molar-refractivity contribution >= 4 is 6.41 Å². The molecule has 0 aliphatic carbocycles. The number of phenolic OH excluding ortho intramolecular Hbond substituents is 2. The molecule has 0 radical (unpaired) electrons. The highest BCUT2D eigenvalue weighted by Crippen LogP contribution is 2.29. The lowest BCUT2D eigenvalue weighted by Crippen LogP contribution is -1.97. The van der Waals surface area contributed by atoms with E-state index in [4.69, 9.17) is 9.90 Å². The minimum absolute atomic E-state index is 0.250. The van der Waals surface area contributed by atoms with Gasteiger partial charge in [0, 0.05) is 24.0 Å². The largest absolute Gasteiger partial charge is 0.508 e. The standard InChI is InChI=1S/C14H17NO.C7H8O.C2H6.CH3NO/c1-4-14-13(8-10(2)15(14)3)11-6-5-7-12(16)9-11;1-6-2-4-7(8)5-3-6;1-2;2-1-3/h5-9,16H,4H2,1-3H3;2-5,8H,1H3;1-2H3;1H,(H2,2,3). The molecule has 1 heterocycles. The Morgan fingerprint density at radius 2 is 1.52 bits per heavy atom. The smallest absolute Gasteiger partial charge is 0.204 e. The lowest BCUT2D eigenvalue weighted by molar-refractivity contribution is -0.106. The van der Waals surface area contributed by atoms with Crippen LogP contribution in [0.1, 0.15) is 37.7 Å². The number of aromatic nitrogens is 1. The number of amides is 1. The van der Waals surface area contributed by atoms with Crippen molar-refractivity contribution in [1.29, 1.82) is 0 Å². The van der Waals surface area contributed by atoms with Crippen LogP contribution in [0.2, 0.25) is 0 Å². The zero-order chi connectivity index (χ0) is 22.4. The monoisotopic (exact) mass is 398 g/mol. The molecule has 1 aromatic heterocycles. The Morgan fingerprint density at radius 1 is 0.966 bits per heavy atom. The minimum atomic E-state index is 0.250. The van der Waals surface area contributed by atoms with Crippen molar-refractivity contribution in [2.24, 2.45) is 12.8 Å². The molecule has 0 unspecified atom stereocenters. The summed E-state index contributed by atoms with van der Waals surface area (Å²) in [5.74, 6) is 0.650. The molecule has 0 atom stereocenters. The van der Waals surface area contributed by atoms with Crippen molar-refractivity contribution in [1.82, 2.24) is 4.57 Å². The third kappa shape index (κ3) is 8.56. The predicted molar refractivity (Wildman–Crippen MR) is 121 cm³/mol. The summed E-state index contributed by atoms with van der Waals surface area (Å²) in [5.41, 5.74) is 10.2. The zero-order valence-corrected chi connectivity index (χ0v) is 18.3. The highest BCUT2D eigenvalue weighted by Gasteiger charge is 2.10. The van der Waals surface area contributed by atoms with E-state index in [0.717, 1.165) is 12.0 Å². The normalized spacial score (nSPS) is 9.03. The van der Waals surface area contributed by atoms with Crippen LogP contribution in [-0.4, -0.2) is 21.2 Å². The molecule has 0 saturated heterocycles. The molecule has 0 fully saturated rings. The van der Waals surface area contributed by atoms with Crippen molar-refractivity contribution in [3.8, 4) is 22.6 Å². The summed E-state index contributed by atoms with van der Waals surface area (Å²) < 4.78 is 2.21. The van der Waals surface area contributed by atoms with E-state index in [-0.39, 0.29) is 6.41 Å². The Hall–Kier alpha value is -3.21. The number of aromatic hydroxyl groups is 2. The van der Waals surface area contributed by atoms with E-state index >= 15 is 0 Å². The number of primary amides is 1. The second-order valence-corrected chi connectivity index (χ2v) is 6.08. The van der Waals surface area contributed by atoms with Crippen molar-refractivity contribution in [3.05, 3.63) is 71.5 Å². The molecular weight excluding hydrogens is 364 g/mol. The molecule has 29 heavy (non-hydrogen) atoms. The van der Waals surface area contributed by atoms with Gasteiger partial charge in [0.1, 0.15) is 11.5 Å². The maximum absolute atomic E-state index is 9.51. The third-order valence-corrected chi connectivity index (χ3v) is 4.12. The van der Waals surface area contributed by atoms with Crippen LogP contribution in [0.4, 0.5) is 0 Å². The molecule has 0 aliphatic heterocycles. The second-order valence-electron chi connectivity index (χ2n) is 6.08. The van der Waals surface area contributed by atoms with Crippen LogP contribution < -0.4 is 5.73 Å². The Morgan fingerprint density at radius 3 is 1.97 bits per heavy atom. The second kappa shape index (κ2) is 13.9. The maximum Gasteiger partial charge on any atom is 0.204 e. The number of hydrogen-bond acceptors (Lipinski definition) is 3. The van der Waals surface area contributed by atoms with Crippen molar-refractivity contribution in [2.45, 2.75) is 41.0 Å². The maximum atomic E-state index is 9.51. The first-order chi connectivity index (χ1) is 13.8. The van der Waals surface area contributed by atoms with E-state index in [2.05, 4.69) is 37.3 Å². The first-order valence-electron chi connectivity index (χ1n) is 9.69. The van der Waals surface area contributed by atoms with Crippen molar-refractivity contribution < 1.29 is 15.0 Å².